The third-order valence-electron chi connectivity index (χ3n) is 9.72. The summed E-state index contributed by atoms with van der Waals surface area (Å²) in [5, 5.41) is 0. The minimum atomic E-state index is -0.758. The van der Waals surface area contributed by atoms with E-state index in [9.17, 15) is 14.4 Å². The van der Waals surface area contributed by atoms with Crippen molar-refractivity contribution in [3.05, 3.63) is 0 Å². The van der Waals surface area contributed by atoms with Gasteiger partial charge in [-0.3, -0.25) is 14.4 Å². The lowest BCUT2D eigenvalue weighted by molar-refractivity contribution is -0.167. The van der Waals surface area contributed by atoms with Crippen molar-refractivity contribution in [3.8, 4) is 0 Å². The summed E-state index contributed by atoms with van der Waals surface area (Å²) in [6.45, 7) is 11.2. The van der Waals surface area contributed by atoms with Gasteiger partial charge in [0.2, 0.25) is 0 Å². The van der Waals surface area contributed by atoms with Gasteiger partial charge in [-0.25, -0.2) is 0 Å². The highest BCUT2D eigenvalue weighted by Crippen LogP contribution is 2.16. The minimum absolute atomic E-state index is 0.0666. The van der Waals surface area contributed by atoms with E-state index in [1.54, 1.807) is 0 Å². The molecule has 0 amide bonds. The van der Waals surface area contributed by atoms with Crippen LogP contribution >= 0.6 is 0 Å². The number of carbonyl (C=O) groups excluding carboxylic acids is 3. The first-order valence-corrected chi connectivity index (χ1v) is 21.7. The summed E-state index contributed by atoms with van der Waals surface area (Å²) in [6.07, 6.45) is 34.1. The maximum atomic E-state index is 12.5. The zero-order chi connectivity index (χ0) is 36.9. The van der Waals surface area contributed by atoms with Crippen LogP contribution in [-0.4, -0.2) is 37.2 Å². The molecule has 0 saturated heterocycles. The highest BCUT2D eigenvalue weighted by Gasteiger charge is 2.19. The standard InChI is InChI=1S/C44H84O6/c1-6-7-8-22-31-36-44(47)50-41(38-49-43(46)35-30-26-21-17-13-15-19-24-28-33-40(4)5)37-48-42(45)34-29-25-20-16-12-10-9-11-14-18-23-27-32-39(2)3/h39-41H,6-38H2,1-5H3/t41-/m1/s1. The lowest BCUT2D eigenvalue weighted by Gasteiger charge is -2.18. The van der Waals surface area contributed by atoms with Crippen LogP contribution in [0.3, 0.4) is 0 Å². The summed E-state index contributed by atoms with van der Waals surface area (Å²) in [5.41, 5.74) is 0. The second kappa shape index (κ2) is 37.2. The zero-order valence-electron chi connectivity index (χ0n) is 34.0. The molecule has 0 aliphatic heterocycles. The molecule has 0 radical (unpaired) electrons. The molecule has 0 aromatic carbocycles. The van der Waals surface area contributed by atoms with Gasteiger partial charge in [0.1, 0.15) is 13.2 Å². The normalized spacial score (nSPS) is 12.1. The van der Waals surface area contributed by atoms with E-state index >= 15 is 0 Å². The molecule has 0 spiro atoms. The molecule has 0 fully saturated rings. The van der Waals surface area contributed by atoms with Gasteiger partial charge in [0, 0.05) is 19.3 Å². The molecule has 0 aromatic rings. The van der Waals surface area contributed by atoms with Crippen LogP contribution < -0.4 is 0 Å². The van der Waals surface area contributed by atoms with Crippen molar-refractivity contribution >= 4 is 17.9 Å². The van der Waals surface area contributed by atoms with E-state index in [1.165, 1.54) is 116 Å². The van der Waals surface area contributed by atoms with E-state index < -0.39 is 6.10 Å². The first kappa shape index (κ1) is 48.4. The maximum absolute atomic E-state index is 12.5. The van der Waals surface area contributed by atoms with Crippen LogP contribution in [0.2, 0.25) is 0 Å². The van der Waals surface area contributed by atoms with Crippen molar-refractivity contribution in [3.63, 3.8) is 0 Å². The molecule has 1 atom stereocenters. The van der Waals surface area contributed by atoms with Gasteiger partial charge in [-0.2, -0.15) is 0 Å². The fraction of sp³-hybridized carbons (Fsp3) is 0.932. The molecule has 0 unspecified atom stereocenters. The molecule has 0 N–H and O–H groups in total. The smallest absolute Gasteiger partial charge is 0.306 e. The summed E-state index contributed by atoms with van der Waals surface area (Å²) < 4.78 is 16.6. The van der Waals surface area contributed by atoms with Crippen molar-refractivity contribution in [1.29, 1.82) is 0 Å². The Bertz CT molecular complexity index is 764. The molecule has 6 heteroatoms. The summed E-state index contributed by atoms with van der Waals surface area (Å²) in [5.74, 6) is 0.768. The zero-order valence-corrected chi connectivity index (χ0v) is 34.0. The van der Waals surface area contributed by atoms with Crippen molar-refractivity contribution in [2.24, 2.45) is 11.8 Å². The molecule has 296 valence electrons. The molecule has 6 nitrogen and oxygen atoms in total. The van der Waals surface area contributed by atoms with Crippen LogP contribution in [0.25, 0.3) is 0 Å². The number of esters is 3. The Kier molecular flexibility index (Phi) is 36.0. The third kappa shape index (κ3) is 37.7. The van der Waals surface area contributed by atoms with Gasteiger partial charge in [0.25, 0.3) is 0 Å². The van der Waals surface area contributed by atoms with Gasteiger partial charge >= 0.3 is 17.9 Å². The van der Waals surface area contributed by atoms with Gasteiger partial charge in [0.05, 0.1) is 0 Å². The SMILES string of the molecule is CCCCCCCC(=O)O[C@H](COC(=O)CCCCCCCCCCCCCCC(C)C)COC(=O)CCCCCCCCCCCC(C)C. The highest BCUT2D eigenvalue weighted by atomic mass is 16.6. The van der Waals surface area contributed by atoms with E-state index in [4.69, 9.17) is 14.2 Å². The van der Waals surface area contributed by atoms with Gasteiger partial charge < -0.3 is 14.2 Å². The molecule has 0 aromatic heterocycles. The number of hydrogen-bond acceptors (Lipinski definition) is 6. The summed E-state index contributed by atoms with van der Waals surface area (Å²) in [6, 6.07) is 0. The Hall–Kier alpha value is -1.59. The van der Waals surface area contributed by atoms with Gasteiger partial charge in [-0.1, -0.05) is 195 Å². The molecule has 0 aliphatic carbocycles. The molecular weight excluding hydrogens is 624 g/mol. The van der Waals surface area contributed by atoms with Gasteiger partial charge in [-0.15, -0.1) is 0 Å². The fourth-order valence-corrected chi connectivity index (χ4v) is 6.40. The summed E-state index contributed by atoms with van der Waals surface area (Å²) >= 11 is 0. The number of rotatable bonds is 38. The topological polar surface area (TPSA) is 78.9 Å². The quantitative estimate of drug-likeness (QED) is 0.0361. The highest BCUT2D eigenvalue weighted by molar-refractivity contribution is 5.71. The van der Waals surface area contributed by atoms with E-state index in [-0.39, 0.29) is 31.1 Å². The van der Waals surface area contributed by atoms with Crippen LogP contribution in [0, 0.1) is 11.8 Å². The van der Waals surface area contributed by atoms with Crippen molar-refractivity contribution in [2.45, 2.75) is 240 Å². The first-order chi connectivity index (χ1) is 24.2. The predicted octanol–water partition coefficient (Wildman–Crippen LogP) is 13.4. The lowest BCUT2D eigenvalue weighted by atomic mass is 10.0. The second-order valence-corrected chi connectivity index (χ2v) is 15.9. The first-order valence-electron chi connectivity index (χ1n) is 21.7. The average Bonchev–Trinajstić information content (AvgIpc) is 3.08. The van der Waals surface area contributed by atoms with E-state index in [2.05, 4.69) is 34.6 Å². The van der Waals surface area contributed by atoms with Crippen LogP contribution in [-0.2, 0) is 28.6 Å². The van der Waals surface area contributed by atoms with Crippen LogP contribution in [0.4, 0.5) is 0 Å². The largest absolute Gasteiger partial charge is 0.462 e. The predicted molar refractivity (Wildman–Crippen MR) is 210 cm³/mol. The Morgan fingerprint density at radius 1 is 0.380 bits per heavy atom. The lowest BCUT2D eigenvalue weighted by Crippen LogP contribution is -2.30. The monoisotopic (exact) mass is 709 g/mol. The Morgan fingerprint density at radius 2 is 0.660 bits per heavy atom. The van der Waals surface area contributed by atoms with Gasteiger partial charge in [-0.05, 0) is 31.1 Å². The average molecular weight is 709 g/mol. The molecular formula is C44H84O6. The molecule has 0 aliphatic rings. The Morgan fingerprint density at radius 3 is 0.980 bits per heavy atom. The Balaban J connectivity index is 4.16. The van der Waals surface area contributed by atoms with Crippen LogP contribution in [0.1, 0.15) is 234 Å². The number of unbranched alkanes of at least 4 members (excludes halogenated alkanes) is 23. The Labute approximate surface area is 310 Å². The molecule has 0 saturated carbocycles. The summed E-state index contributed by atoms with van der Waals surface area (Å²) in [4.78, 5) is 37.4. The van der Waals surface area contributed by atoms with Crippen molar-refractivity contribution < 1.29 is 28.6 Å². The van der Waals surface area contributed by atoms with E-state index in [0.29, 0.717) is 19.3 Å². The van der Waals surface area contributed by atoms with Crippen molar-refractivity contribution in [2.75, 3.05) is 13.2 Å². The number of ether oxygens (including phenoxy) is 3. The van der Waals surface area contributed by atoms with Crippen LogP contribution in [0.5, 0.6) is 0 Å². The van der Waals surface area contributed by atoms with E-state index in [0.717, 1.165) is 76.0 Å². The molecule has 0 heterocycles. The molecule has 0 rings (SSSR count). The fourth-order valence-electron chi connectivity index (χ4n) is 6.40. The van der Waals surface area contributed by atoms with Crippen LogP contribution in [0.15, 0.2) is 0 Å². The number of hydrogen-bond donors (Lipinski definition) is 0. The number of carbonyl (C=O) groups is 3. The van der Waals surface area contributed by atoms with E-state index in [1.807, 2.05) is 0 Å². The minimum Gasteiger partial charge on any atom is -0.462 e. The maximum Gasteiger partial charge on any atom is 0.306 e. The summed E-state index contributed by atoms with van der Waals surface area (Å²) in [7, 11) is 0. The van der Waals surface area contributed by atoms with Gasteiger partial charge in [0.15, 0.2) is 6.10 Å². The van der Waals surface area contributed by atoms with Crippen molar-refractivity contribution in [1.82, 2.24) is 0 Å². The second-order valence-electron chi connectivity index (χ2n) is 15.9. The molecule has 0 bridgehead atoms. The third-order valence-corrected chi connectivity index (χ3v) is 9.72. The molecule has 50 heavy (non-hydrogen) atoms.